The molecule has 1 fully saturated rings. The van der Waals surface area contributed by atoms with E-state index in [0.717, 1.165) is 66.6 Å². The van der Waals surface area contributed by atoms with Gasteiger partial charge in [-0.2, -0.15) is 0 Å². The molecule has 0 spiro atoms. The smallest absolute Gasteiger partial charge is 0.246 e. The van der Waals surface area contributed by atoms with Gasteiger partial charge >= 0.3 is 0 Å². The molecule has 6 nitrogen and oxygen atoms in total. The van der Waals surface area contributed by atoms with Crippen LogP contribution in [0.2, 0.25) is 0 Å². The Balaban J connectivity index is 1.48. The molecule has 1 N–H and O–H groups in total. The van der Waals surface area contributed by atoms with Crippen molar-refractivity contribution >= 4 is 11.6 Å². The molecule has 0 aliphatic carbocycles. The summed E-state index contributed by atoms with van der Waals surface area (Å²) in [5, 5.41) is 7.29. The van der Waals surface area contributed by atoms with Crippen LogP contribution in [-0.2, 0) is 11.3 Å². The fraction of sp³-hybridized carbons (Fsp3) is 0.360. The summed E-state index contributed by atoms with van der Waals surface area (Å²) in [6.07, 6.45) is 0. The summed E-state index contributed by atoms with van der Waals surface area (Å²) in [5.74, 6) is 0.848. The van der Waals surface area contributed by atoms with Crippen molar-refractivity contribution in [3.63, 3.8) is 0 Å². The van der Waals surface area contributed by atoms with Crippen LogP contribution in [0.25, 0.3) is 0 Å². The van der Waals surface area contributed by atoms with E-state index in [1.165, 1.54) is 0 Å². The van der Waals surface area contributed by atoms with Crippen LogP contribution in [0.4, 0.5) is 5.69 Å². The zero-order valence-corrected chi connectivity index (χ0v) is 18.5. The molecule has 2 heterocycles. The van der Waals surface area contributed by atoms with Gasteiger partial charge in [0.2, 0.25) is 5.91 Å². The SMILES string of the molecule is Cc1ccc(C)c(NC(=O)[C@@H](c2ccccc2)N2CCN(Cc3cc(C)on3)CC2)c1. The van der Waals surface area contributed by atoms with Gasteiger partial charge in [-0.3, -0.25) is 14.6 Å². The summed E-state index contributed by atoms with van der Waals surface area (Å²) in [4.78, 5) is 18.1. The Morgan fingerprint density at radius 1 is 1.03 bits per heavy atom. The minimum atomic E-state index is -0.322. The lowest BCUT2D eigenvalue weighted by Crippen LogP contribution is -2.49. The van der Waals surface area contributed by atoms with Crippen molar-refractivity contribution < 1.29 is 9.32 Å². The first kappa shape index (κ1) is 21.3. The number of carbonyl (C=O) groups is 1. The maximum Gasteiger partial charge on any atom is 0.246 e. The normalized spacial score (nSPS) is 16.2. The number of benzene rings is 2. The topological polar surface area (TPSA) is 61.6 Å². The highest BCUT2D eigenvalue weighted by atomic mass is 16.5. The van der Waals surface area contributed by atoms with Gasteiger partial charge in [-0.1, -0.05) is 47.6 Å². The highest BCUT2D eigenvalue weighted by Crippen LogP contribution is 2.26. The number of nitrogens with zero attached hydrogens (tertiary/aromatic N) is 3. The maximum atomic E-state index is 13.5. The Bertz CT molecular complexity index is 1020. The zero-order chi connectivity index (χ0) is 21.8. The summed E-state index contributed by atoms with van der Waals surface area (Å²) < 4.78 is 5.19. The molecule has 1 aromatic heterocycles. The van der Waals surface area contributed by atoms with Crippen molar-refractivity contribution in [2.24, 2.45) is 0 Å². The van der Waals surface area contributed by atoms with E-state index in [4.69, 9.17) is 4.52 Å². The van der Waals surface area contributed by atoms with Crippen LogP contribution in [0, 0.1) is 20.8 Å². The average molecular weight is 419 g/mol. The summed E-state index contributed by atoms with van der Waals surface area (Å²) >= 11 is 0. The van der Waals surface area contributed by atoms with Gasteiger partial charge in [0.05, 0.1) is 5.69 Å². The summed E-state index contributed by atoms with van der Waals surface area (Å²) in [5.41, 5.74) is 5.06. The van der Waals surface area contributed by atoms with Crippen molar-refractivity contribution in [2.45, 2.75) is 33.4 Å². The van der Waals surface area contributed by atoms with E-state index in [9.17, 15) is 4.79 Å². The Morgan fingerprint density at radius 3 is 2.45 bits per heavy atom. The fourth-order valence-electron chi connectivity index (χ4n) is 4.14. The second kappa shape index (κ2) is 9.45. The van der Waals surface area contributed by atoms with Gasteiger partial charge in [0, 0.05) is 44.5 Å². The molecule has 0 radical (unpaired) electrons. The first-order valence-electron chi connectivity index (χ1n) is 10.8. The number of anilines is 1. The lowest BCUT2D eigenvalue weighted by atomic mass is 10.0. The predicted molar refractivity (Wildman–Crippen MR) is 122 cm³/mol. The molecule has 6 heteroatoms. The molecule has 0 bridgehead atoms. The Kier molecular flexibility index (Phi) is 6.49. The Hall–Kier alpha value is -2.96. The van der Waals surface area contributed by atoms with Gasteiger partial charge in [0.1, 0.15) is 11.8 Å². The van der Waals surface area contributed by atoms with Crippen molar-refractivity contribution in [1.29, 1.82) is 0 Å². The summed E-state index contributed by atoms with van der Waals surface area (Å²) in [7, 11) is 0. The van der Waals surface area contributed by atoms with E-state index in [2.05, 4.69) is 26.3 Å². The minimum Gasteiger partial charge on any atom is -0.361 e. The zero-order valence-electron chi connectivity index (χ0n) is 18.5. The molecule has 1 saturated heterocycles. The first-order valence-corrected chi connectivity index (χ1v) is 10.8. The van der Waals surface area contributed by atoms with Crippen molar-refractivity contribution in [3.8, 4) is 0 Å². The first-order chi connectivity index (χ1) is 15.0. The van der Waals surface area contributed by atoms with E-state index in [1.54, 1.807) is 0 Å². The molecule has 4 rings (SSSR count). The Morgan fingerprint density at radius 2 is 1.77 bits per heavy atom. The summed E-state index contributed by atoms with van der Waals surface area (Å²) in [6, 6.07) is 17.9. The monoisotopic (exact) mass is 418 g/mol. The predicted octanol–water partition coefficient (Wildman–Crippen LogP) is 4.10. The standard InChI is InChI=1S/C25H30N4O2/c1-18-9-10-19(2)23(15-18)26-25(30)24(21-7-5-4-6-8-21)29-13-11-28(12-14-29)17-22-16-20(3)31-27-22/h4-10,15-16,24H,11-14,17H2,1-3H3,(H,26,30)/t24-/m1/s1. The van der Waals surface area contributed by atoms with E-state index in [0.29, 0.717) is 0 Å². The molecule has 0 unspecified atom stereocenters. The van der Waals surface area contributed by atoms with Crippen LogP contribution in [0.1, 0.15) is 34.2 Å². The summed E-state index contributed by atoms with van der Waals surface area (Å²) in [6.45, 7) is 10.1. The van der Waals surface area contributed by atoms with Gasteiger partial charge in [-0.25, -0.2) is 0 Å². The van der Waals surface area contributed by atoms with Crippen molar-refractivity contribution in [3.05, 3.63) is 82.7 Å². The number of nitrogens with one attached hydrogen (secondary N) is 1. The fourth-order valence-corrected chi connectivity index (χ4v) is 4.14. The number of amides is 1. The molecule has 0 saturated carbocycles. The molecule has 3 aromatic rings. The van der Waals surface area contributed by atoms with Crippen molar-refractivity contribution in [2.75, 3.05) is 31.5 Å². The lowest BCUT2D eigenvalue weighted by Gasteiger charge is -2.38. The number of piperazine rings is 1. The number of aromatic nitrogens is 1. The average Bonchev–Trinajstić information content (AvgIpc) is 3.17. The van der Waals surface area contributed by atoms with Crippen LogP contribution < -0.4 is 5.32 Å². The third-order valence-electron chi connectivity index (χ3n) is 5.85. The Labute approximate surface area is 183 Å². The molecule has 2 aromatic carbocycles. The van der Waals surface area contributed by atoms with Gasteiger partial charge in [0.25, 0.3) is 0 Å². The van der Waals surface area contributed by atoms with Gasteiger partial charge in [-0.15, -0.1) is 0 Å². The largest absolute Gasteiger partial charge is 0.361 e. The van der Waals surface area contributed by atoms with Crippen molar-refractivity contribution in [1.82, 2.24) is 15.0 Å². The lowest BCUT2D eigenvalue weighted by molar-refractivity contribution is -0.122. The number of rotatable bonds is 6. The number of aryl methyl sites for hydroxylation is 3. The molecule has 1 aliphatic heterocycles. The molecule has 31 heavy (non-hydrogen) atoms. The van der Waals surface area contributed by atoms with E-state index >= 15 is 0 Å². The molecule has 162 valence electrons. The molecular formula is C25H30N4O2. The third kappa shape index (κ3) is 5.21. The highest BCUT2D eigenvalue weighted by molar-refractivity contribution is 5.96. The maximum absolute atomic E-state index is 13.5. The van der Waals surface area contributed by atoms with E-state index in [-0.39, 0.29) is 11.9 Å². The molecule has 1 atom stereocenters. The van der Waals surface area contributed by atoms with Gasteiger partial charge in [-0.05, 0) is 43.5 Å². The van der Waals surface area contributed by atoms with Crippen LogP contribution >= 0.6 is 0 Å². The number of hydrogen-bond donors (Lipinski definition) is 1. The number of hydrogen-bond acceptors (Lipinski definition) is 5. The van der Waals surface area contributed by atoms with Crippen LogP contribution in [0.15, 0.2) is 59.1 Å². The highest BCUT2D eigenvalue weighted by Gasteiger charge is 2.31. The number of carbonyl (C=O) groups excluding carboxylic acids is 1. The molecular weight excluding hydrogens is 388 g/mol. The quantitative estimate of drug-likeness (QED) is 0.653. The van der Waals surface area contributed by atoms with Gasteiger partial charge < -0.3 is 9.84 Å². The van der Waals surface area contributed by atoms with Crippen LogP contribution in [0.5, 0.6) is 0 Å². The molecule has 1 amide bonds. The van der Waals surface area contributed by atoms with E-state index < -0.39 is 0 Å². The minimum absolute atomic E-state index is 0.0143. The van der Waals surface area contributed by atoms with E-state index in [1.807, 2.05) is 69.3 Å². The third-order valence-corrected chi connectivity index (χ3v) is 5.85. The second-order valence-electron chi connectivity index (χ2n) is 8.36. The second-order valence-corrected chi connectivity index (χ2v) is 8.36. The van der Waals surface area contributed by atoms with Crippen LogP contribution in [-0.4, -0.2) is 47.0 Å². The molecule has 1 aliphatic rings. The van der Waals surface area contributed by atoms with Gasteiger partial charge in [0.15, 0.2) is 0 Å². The van der Waals surface area contributed by atoms with Crippen LogP contribution in [0.3, 0.4) is 0 Å².